The lowest BCUT2D eigenvalue weighted by Gasteiger charge is -2.04. The first-order valence-corrected chi connectivity index (χ1v) is 9.00. The predicted octanol–water partition coefficient (Wildman–Crippen LogP) is 4.47. The Hall–Kier alpha value is -0.890. The normalized spacial score (nSPS) is 10.7. The summed E-state index contributed by atoms with van der Waals surface area (Å²) in [6.45, 7) is 0.801. The van der Waals surface area contributed by atoms with Crippen molar-refractivity contribution in [1.29, 1.82) is 0 Å². The van der Waals surface area contributed by atoms with Crippen LogP contribution in [0.2, 0.25) is 0 Å². The summed E-state index contributed by atoms with van der Waals surface area (Å²) >= 11 is 1.91. The van der Waals surface area contributed by atoms with E-state index in [9.17, 15) is 0 Å². The molecule has 1 N–H and O–H groups in total. The maximum Gasteiger partial charge on any atom is 0.0545 e. The van der Waals surface area contributed by atoms with Gasteiger partial charge < -0.3 is 0 Å². The van der Waals surface area contributed by atoms with E-state index in [0.29, 0.717) is 0 Å². The number of hydrogen-bond donors (Lipinski definition) is 1. The van der Waals surface area contributed by atoms with Crippen LogP contribution in [0.5, 0.6) is 0 Å². The molecule has 0 aliphatic rings. The maximum absolute atomic E-state index is 4.43. The lowest BCUT2D eigenvalue weighted by molar-refractivity contribution is 0.722. The van der Waals surface area contributed by atoms with Crippen LogP contribution in [0.15, 0.2) is 53.6 Å². The van der Waals surface area contributed by atoms with Crippen LogP contribution in [-0.2, 0) is 13.0 Å². The molecule has 112 valence electrons. The van der Waals surface area contributed by atoms with Crippen LogP contribution < -0.4 is 5.09 Å². The Labute approximate surface area is 134 Å². The molecule has 0 radical (unpaired) electrons. The molecule has 0 amide bonds. The van der Waals surface area contributed by atoms with E-state index >= 15 is 0 Å². The van der Waals surface area contributed by atoms with Gasteiger partial charge >= 0.3 is 0 Å². The highest BCUT2D eigenvalue weighted by Gasteiger charge is 1.97. The van der Waals surface area contributed by atoms with Crippen molar-refractivity contribution < 1.29 is 0 Å². The van der Waals surface area contributed by atoms with Gasteiger partial charge in [-0.05, 0) is 42.7 Å². The highest BCUT2D eigenvalue weighted by atomic mass is 32.2. The van der Waals surface area contributed by atoms with Crippen molar-refractivity contribution >= 4 is 21.2 Å². The van der Waals surface area contributed by atoms with E-state index in [2.05, 4.69) is 61.9 Å². The highest BCUT2D eigenvalue weighted by molar-refractivity contribution is 7.99. The number of benzene rings is 1. The van der Waals surface area contributed by atoms with Crippen molar-refractivity contribution in [2.45, 2.75) is 37.1 Å². The van der Waals surface area contributed by atoms with Crippen LogP contribution in [0.4, 0.5) is 0 Å². The molecule has 0 aliphatic carbocycles. The summed E-state index contributed by atoms with van der Waals surface area (Å²) < 4.78 is 0. The van der Waals surface area contributed by atoms with E-state index in [0.717, 1.165) is 12.2 Å². The summed E-state index contributed by atoms with van der Waals surface area (Å²) in [4.78, 5) is 5.70. The van der Waals surface area contributed by atoms with Gasteiger partial charge in [-0.3, -0.25) is 10.1 Å². The van der Waals surface area contributed by atoms with Gasteiger partial charge in [0.1, 0.15) is 0 Å². The summed E-state index contributed by atoms with van der Waals surface area (Å²) in [7, 11) is 2.50. The zero-order valence-electron chi connectivity index (χ0n) is 12.3. The second-order valence-electron chi connectivity index (χ2n) is 5.01. The first-order valence-electron chi connectivity index (χ1n) is 7.43. The SMILES string of the molecule is PNCc1ccc(SCCCCCc2ccccc2)cn1. The first kappa shape index (κ1) is 16.5. The Kier molecular flexibility index (Phi) is 7.80. The van der Waals surface area contributed by atoms with Gasteiger partial charge in [0.25, 0.3) is 0 Å². The monoisotopic (exact) mass is 318 g/mol. The third-order valence-corrected chi connectivity index (χ3v) is 4.57. The molecule has 0 saturated carbocycles. The van der Waals surface area contributed by atoms with Crippen LogP contribution in [0, 0.1) is 0 Å². The number of nitrogens with one attached hydrogen (secondary N) is 1. The van der Waals surface area contributed by atoms with Gasteiger partial charge in [0, 0.05) is 17.6 Å². The molecular weight excluding hydrogens is 295 g/mol. The minimum absolute atomic E-state index is 0.801. The van der Waals surface area contributed by atoms with Gasteiger partial charge in [-0.15, -0.1) is 11.8 Å². The fraction of sp³-hybridized carbons (Fsp3) is 0.353. The minimum Gasteiger partial charge on any atom is -0.295 e. The van der Waals surface area contributed by atoms with Gasteiger partial charge in [0.2, 0.25) is 0 Å². The topological polar surface area (TPSA) is 24.9 Å². The fourth-order valence-electron chi connectivity index (χ4n) is 2.15. The van der Waals surface area contributed by atoms with Crippen molar-refractivity contribution in [1.82, 2.24) is 10.1 Å². The lowest BCUT2D eigenvalue weighted by atomic mass is 10.1. The number of unbranched alkanes of at least 4 members (excludes halogenated alkanes) is 2. The molecule has 2 rings (SSSR count). The van der Waals surface area contributed by atoms with Gasteiger partial charge in [-0.25, -0.2) is 0 Å². The third-order valence-electron chi connectivity index (χ3n) is 3.30. The maximum atomic E-state index is 4.43. The second kappa shape index (κ2) is 9.94. The summed E-state index contributed by atoms with van der Waals surface area (Å²) in [6, 6.07) is 15.0. The summed E-state index contributed by atoms with van der Waals surface area (Å²) in [5, 5.41) is 3.03. The second-order valence-corrected chi connectivity index (χ2v) is 6.59. The van der Waals surface area contributed by atoms with E-state index in [1.54, 1.807) is 0 Å². The van der Waals surface area contributed by atoms with Crippen LogP contribution >= 0.6 is 21.2 Å². The zero-order chi connectivity index (χ0) is 14.8. The highest BCUT2D eigenvalue weighted by Crippen LogP contribution is 2.19. The molecule has 0 bridgehead atoms. The Bertz CT molecular complexity index is 502. The van der Waals surface area contributed by atoms with Crippen LogP contribution in [0.3, 0.4) is 0 Å². The summed E-state index contributed by atoms with van der Waals surface area (Å²) in [6.07, 6.45) is 7.02. The first-order chi connectivity index (χ1) is 10.4. The van der Waals surface area contributed by atoms with Gasteiger partial charge in [0.05, 0.1) is 5.69 Å². The molecule has 0 spiro atoms. The molecule has 0 aliphatic heterocycles. The molecule has 1 atom stereocenters. The number of hydrogen-bond acceptors (Lipinski definition) is 3. The quantitative estimate of drug-likeness (QED) is 0.419. The number of nitrogens with zero attached hydrogens (tertiary/aromatic N) is 1. The van der Waals surface area contributed by atoms with E-state index in [1.165, 1.54) is 41.9 Å². The van der Waals surface area contributed by atoms with Crippen LogP contribution in [-0.4, -0.2) is 10.7 Å². The average Bonchev–Trinajstić information content (AvgIpc) is 2.53. The van der Waals surface area contributed by atoms with Crippen LogP contribution in [0.1, 0.15) is 30.5 Å². The van der Waals surface area contributed by atoms with E-state index < -0.39 is 0 Å². The summed E-state index contributed by atoms with van der Waals surface area (Å²) in [5.41, 5.74) is 2.53. The lowest BCUT2D eigenvalue weighted by Crippen LogP contribution is -1.99. The Morgan fingerprint density at radius 2 is 1.86 bits per heavy atom. The Morgan fingerprint density at radius 3 is 2.57 bits per heavy atom. The molecule has 1 unspecified atom stereocenters. The molecule has 1 heterocycles. The number of thioether (sulfide) groups is 1. The third kappa shape index (κ3) is 6.60. The van der Waals surface area contributed by atoms with Crippen molar-refractivity contribution in [3.8, 4) is 0 Å². The molecular formula is C17H23N2PS. The summed E-state index contributed by atoms with van der Waals surface area (Å²) in [5.74, 6) is 1.18. The average molecular weight is 318 g/mol. The Balaban J connectivity index is 1.57. The van der Waals surface area contributed by atoms with E-state index in [-0.39, 0.29) is 0 Å². The van der Waals surface area contributed by atoms with Gasteiger partial charge in [-0.2, -0.15) is 0 Å². The molecule has 2 aromatic rings. The van der Waals surface area contributed by atoms with Crippen LogP contribution in [0.25, 0.3) is 0 Å². The standard InChI is InChI=1S/C17H23N2PS/c20-19-13-16-10-11-17(14-18-16)21-12-6-2-5-9-15-7-3-1-4-8-15/h1,3-4,7-8,10-11,14,19H,2,5-6,9,12-13,20H2. The number of aromatic nitrogens is 1. The Morgan fingerprint density at radius 1 is 1.00 bits per heavy atom. The van der Waals surface area contributed by atoms with Gasteiger partial charge in [0.15, 0.2) is 0 Å². The predicted molar refractivity (Wildman–Crippen MR) is 95.5 cm³/mol. The van der Waals surface area contributed by atoms with Crippen molar-refractivity contribution in [3.63, 3.8) is 0 Å². The molecule has 0 fully saturated rings. The number of pyridine rings is 1. The molecule has 2 nitrogen and oxygen atoms in total. The molecule has 1 aromatic heterocycles. The molecule has 21 heavy (non-hydrogen) atoms. The van der Waals surface area contributed by atoms with Gasteiger partial charge in [-0.1, -0.05) is 46.1 Å². The zero-order valence-corrected chi connectivity index (χ0v) is 14.3. The number of aryl methyl sites for hydroxylation is 1. The molecule has 4 heteroatoms. The fourth-order valence-corrected chi connectivity index (χ4v) is 3.23. The largest absolute Gasteiger partial charge is 0.295 e. The van der Waals surface area contributed by atoms with E-state index in [4.69, 9.17) is 0 Å². The molecule has 1 aromatic carbocycles. The van der Waals surface area contributed by atoms with Crippen molar-refractivity contribution in [2.24, 2.45) is 0 Å². The van der Waals surface area contributed by atoms with Crippen molar-refractivity contribution in [3.05, 3.63) is 59.9 Å². The molecule has 0 saturated heterocycles. The van der Waals surface area contributed by atoms with E-state index in [1.807, 2.05) is 18.0 Å². The van der Waals surface area contributed by atoms with Crippen molar-refractivity contribution in [2.75, 3.05) is 5.75 Å². The minimum atomic E-state index is 0.801. The number of rotatable bonds is 9. The smallest absolute Gasteiger partial charge is 0.0545 e.